The van der Waals surface area contributed by atoms with E-state index in [0.717, 1.165) is 34.4 Å². The molecule has 0 aliphatic carbocycles. The molecular weight excluding hydrogens is 346 g/mol. The highest BCUT2D eigenvalue weighted by atomic mass is 16.5. The predicted molar refractivity (Wildman–Crippen MR) is 103 cm³/mol. The van der Waals surface area contributed by atoms with Crippen LogP contribution < -0.4 is 18.9 Å². The molecule has 0 bridgehead atoms. The van der Waals surface area contributed by atoms with E-state index in [1.54, 1.807) is 34.6 Å². The summed E-state index contributed by atoms with van der Waals surface area (Å²) in [5.74, 6) is 3.12. The summed E-state index contributed by atoms with van der Waals surface area (Å²) in [6.07, 6.45) is 2.46. The van der Waals surface area contributed by atoms with Crippen molar-refractivity contribution in [3.63, 3.8) is 0 Å². The minimum absolute atomic E-state index is 0.534. The third-order valence-corrected chi connectivity index (χ3v) is 4.48. The average molecular weight is 369 g/mol. The van der Waals surface area contributed by atoms with Gasteiger partial charge in [-0.25, -0.2) is 0 Å². The molecule has 0 fully saturated rings. The maximum Gasteiger partial charge on any atom is 0.204 e. The Morgan fingerprint density at radius 1 is 0.815 bits per heavy atom. The Hall–Kier alpha value is -3.15. The van der Waals surface area contributed by atoms with E-state index in [1.165, 1.54) is 0 Å². The molecule has 6 heteroatoms. The minimum Gasteiger partial charge on any atom is -0.497 e. The first-order valence-corrected chi connectivity index (χ1v) is 8.59. The van der Waals surface area contributed by atoms with Gasteiger partial charge in [0.25, 0.3) is 0 Å². The number of hydrogen-bond donors (Lipinski definition) is 0. The van der Waals surface area contributed by atoms with E-state index in [4.69, 9.17) is 23.5 Å². The van der Waals surface area contributed by atoms with Crippen molar-refractivity contribution in [1.82, 2.24) is 5.16 Å². The second-order valence-corrected chi connectivity index (χ2v) is 5.83. The smallest absolute Gasteiger partial charge is 0.204 e. The molecule has 142 valence electrons. The van der Waals surface area contributed by atoms with Crippen LogP contribution in [0.1, 0.15) is 12.5 Å². The van der Waals surface area contributed by atoms with Gasteiger partial charge in [-0.2, -0.15) is 0 Å². The van der Waals surface area contributed by atoms with Crippen LogP contribution in [0.5, 0.6) is 23.0 Å². The van der Waals surface area contributed by atoms with E-state index in [-0.39, 0.29) is 0 Å². The van der Waals surface area contributed by atoms with Gasteiger partial charge in [-0.05, 0) is 35.7 Å². The Labute approximate surface area is 158 Å². The summed E-state index contributed by atoms with van der Waals surface area (Å²) in [5, 5.41) is 4.01. The topological polar surface area (TPSA) is 63.0 Å². The van der Waals surface area contributed by atoms with Crippen LogP contribution in [-0.4, -0.2) is 33.6 Å². The van der Waals surface area contributed by atoms with Crippen LogP contribution in [0, 0.1) is 0 Å². The average Bonchev–Trinajstić information content (AvgIpc) is 3.21. The van der Waals surface area contributed by atoms with Gasteiger partial charge in [-0.15, -0.1) is 0 Å². The summed E-state index contributed by atoms with van der Waals surface area (Å²) < 4.78 is 27.6. The molecule has 2 aromatic carbocycles. The highest BCUT2D eigenvalue weighted by Crippen LogP contribution is 2.48. The lowest BCUT2D eigenvalue weighted by atomic mass is 9.98. The molecule has 6 nitrogen and oxygen atoms in total. The fourth-order valence-corrected chi connectivity index (χ4v) is 3.13. The summed E-state index contributed by atoms with van der Waals surface area (Å²) in [6, 6.07) is 9.71. The predicted octanol–water partition coefficient (Wildman–Crippen LogP) is 4.61. The molecule has 0 atom stereocenters. The van der Waals surface area contributed by atoms with Crippen LogP contribution in [0.3, 0.4) is 0 Å². The van der Waals surface area contributed by atoms with Gasteiger partial charge in [0.05, 0.1) is 40.2 Å². The zero-order valence-electron chi connectivity index (χ0n) is 16.2. The van der Waals surface area contributed by atoms with Crippen LogP contribution in [0.2, 0.25) is 0 Å². The normalized spacial score (nSPS) is 10.6. The first-order valence-electron chi connectivity index (χ1n) is 8.59. The van der Waals surface area contributed by atoms with Gasteiger partial charge in [0, 0.05) is 5.56 Å². The second-order valence-electron chi connectivity index (χ2n) is 5.83. The number of ether oxygens (including phenoxy) is 4. The molecule has 0 radical (unpaired) electrons. The van der Waals surface area contributed by atoms with Crippen molar-refractivity contribution >= 4 is 0 Å². The number of nitrogens with zero attached hydrogens (tertiary/aromatic N) is 1. The van der Waals surface area contributed by atoms with Crippen LogP contribution >= 0.6 is 0 Å². The maximum atomic E-state index is 5.65. The lowest BCUT2D eigenvalue weighted by Crippen LogP contribution is -2.00. The van der Waals surface area contributed by atoms with Crippen molar-refractivity contribution in [3.05, 3.63) is 42.1 Å². The summed E-state index contributed by atoms with van der Waals surface area (Å²) >= 11 is 0. The van der Waals surface area contributed by atoms with E-state index in [2.05, 4.69) is 12.1 Å². The number of hydrogen-bond acceptors (Lipinski definition) is 6. The number of aromatic nitrogens is 1. The molecule has 0 saturated carbocycles. The fourth-order valence-electron chi connectivity index (χ4n) is 3.13. The SMILES string of the molecule is CCc1cc(-c2oncc2-c2ccc(OC)cc2)c(OC)c(OC)c1OC. The molecule has 27 heavy (non-hydrogen) atoms. The van der Waals surface area contributed by atoms with Gasteiger partial charge in [-0.3, -0.25) is 0 Å². The van der Waals surface area contributed by atoms with Crippen molar-refractivity contribution in [2.45, 2.75) is 13.3 Å². The van der Waals surface area contributed by atoms with Crippen molar-refractivity contribution < 1.29 is 23.5 Å². The Bertz CT molecular complexity index is 915. The molecule has 0 unspecified atom stereocenters. The summed E-state index contributed by atoms with van der Waals surface area (Å²) in [7, 11) is 6.44. The van der Waals surface area contributed by atoms with Crippen molar-refractivity contribution in [3.8, 4) is 45.4 Å². The molecule has 0 saturated heterocycles. The van der Waals surface area contributed by atoms with Gasteiger partial charge in [0.1, 0.15) is 5.75 Å². The van der Waals surface area contributed by atoms with E-state index in [1.807, 2.05) is 30.3 Å². The number of methoxy groups -OCH3 is 4. The zero-order valence-corrected chi connectivity index (χ0v) is 16.2. The van der Waals surface area contributed by atoms with Crippen LogP contribution in [0.25, 0.3) is 22.5 Å². The summed E-state index contributed by atoms with van der Waals surface area (Å²) in [5.41, 5.74) is 3.56. The number of benzene rings is 2. The molecule has 3 rings (SSSR count). The number of aryl methyl sites for hydroxylation is 1. The minimum atomic E-state index is 0.534. The molecule has 3 aromatic rings. The third kappa shape index (κ3) is 3.30. The van der Waals surface area contributed by atoms with E-state index >= 15 is 0 Å². The fraction of sp³-hybridized carbons (Fsp3) is 0.286. The maximum absolute atomic E-state index is 5.65. The van der Waals surface area contributed by atoms with Gasteiger partial charge >= 0.3 is 0 Å². The second kappa shape index (κ2) is 8.03. The van der Waals surface area contributed by atoms with Gasteiger partial charge < -0.3 is 23.5 Å². The molecular formula is C21H23NO5. The lowest BCUT2D eigenvalue weighted by molar-refractivity contribution is 0.322. The van der Waals surface area contributed by atoms with Crippen molar-refractivity contribution in [2.24, 2.45) is 0 Å². The highest BCUT2D eigenvalue weighted by Gasteiger charge is 2.25. The first-order chi connectivity index (χ1) is 13.2. The van der Waals surface area contributed by atoms with E-state index in [0.29, 0.717) is 23.0 Å². The first kappa shape index (κ1) is 18.6. The van der Waals surface area contributed by atoms with Crippen LogP contribution in [0.15, 0.2) is 41.1 Å². The Morgan fingerprint density at radius 3 is 2.04 bits per heavy atom. The Balaban J connectivity index is 2.21. The molecule has 0 aliphatic rings. The molecule has 0 N–H and O–H groups in total. The summed E-state index contributed by atoms with van der Waals surface area (Å²) in [4.78, 5) is 0. The zero-order chi connectivity index (χ0) is 19.4. The Morgan fingerprint density at radius 2 is 1.48 bits per heavy atom. The molecule has 1 heterocycles. The van der Waals surface area contributed by atoms with Crippen LogP contribution in [0.4, 0.5) is 0 Å². The molecule has 0 spiro atoms. The van der Waals surface area contributed by atoms with E-state index < -0.39 is 0 Å². The van der Waals surface area contributed by atoms with Crippen LogP contribution in [-0.2, 0) is 6.42 Å². The number of rotatable bonds is 7. The van der Waals surface area contributed by atoms with Gasteiger partial charge in [0.15, 0.2) is 17.3 Å². The summed E-state index contributed by atoms with van der Waals surface area (Å²) in [6.45, 7) is 2.05. The Kier molecular flexibility index (Phi) is 5.54. The monoisotopic (exact) mass is 369 g/mol. The van der Waals surface area contributed by atoms with Gasteiger partial charge in [0.2, 0.25) is 5.75 Å². The van der Waals surface area contributed by atoms with Gasteiger partial charge in [-0.1, -0.05) is 24.2 Å². The van der Waals surface area contributed by atoms with E-state index in [9.17, 15) is 0 Å². The molecule has 0 aliphatic heterocycles. The third-order valence-electron chi connectivity index (χ3n) is 4.48. The van der Waals surface area contributed by atoms with Crippen molar-refractivity contribution in [2.75, 3.05) is 28.4 Å². The molecule has 0 amide bonds. The highest BCUT2D eigenvalue weighted by molar-refractivity contribution is 5.85. The largest absolute Gasteiger partial charge is 0.497 e. The standard InChI is InChI=1S/C21H23NO5/c1-6-13-11-16(20(25-4)21(26-5)18(13)24-3)19-17(12-22-27-19)14-7-9-15(23-2)10-8-14/h7-12H,6H2,1-5H3. The lowest BCUT2D eigenvalue weighted by Gasteiger charge is -2.18. The quantitative estimate of drug-likeness (QED) is 0.606. The van der Waals surface area contributed by atoms with Crippen molar-refractivity contribution in [1.29, 1.82) is 0 Å². The molecule has 1 aromatic heterocycles.